The van der Waals surface area contributed by atoms with Crippen LogP contribution in [0.3, 0.4) is 0 Å². The lowest BCUT2D eigenvalue weighted by atomic mass is 9.98. The second-order valence-corrected chi connectivity index (χ2v) is 3.30. The normalized spacial score (nSPS) is 15.0. The number of benzene rings is 1. The molecular formula is C10H15FN2O2. The van der Waals surface area contributed by atoms with Gasteiger partial charge in [0.1, 0.15) is 11.9 Å². The molecule has 0 fully saturated rings. The summed E-state index contributed by atoms with van der Waals surface area (Å²) in [5.74, 6) is -0.481. The first-order valence-electron chi connectivity index (χ1n) is 4.64. The Bertz CT molecular complexity index is 333. The Kier molecular flexibility index (Phi) is 4.16. The Morgan fingerprint density at radius 3 is 2.47 bits per heavy atom. The monoisotopic (exact) mass is 214 g/mol. The van der Waals surface area contributed by atoms with Crippen molar-refractivity contribution in [2.45, 2.75) is 18.8 Å². The molecule has 0 saturated carbocycles. The Morgan fingerprint density at radius 2 is 1.93 bits per heavy atom. The molecule has 1 aromatic rings. The SMILES string of the molecule is NCc1ccc(F)cc1C(O)C(O)CN. The van der Waals surface area contributed by atoms with Crippen molar-refractivity contribution in [1.82, 2.24) is 0 Å². The lowest BCUT2D eigenvalue weighted by Crippen LogP contribution is -2.28. The number of halogens is 1. The maximum atomic E-state index is 12.9. The summed E-state index contributed by atoms with van der Waals surface area (Å²) < 4.78 is 12.9. The summed E-state index contributed by atoms with van der Waals surface area (Å²) in [5, 5.41) is 19.0. The van der Waals surface area contributed by atoms with E-state index in [1.807, 2.05) is 0 Å². The van der Waals surface area contributed by atoms with E-state index < -0.39 is 18.0 Å². The van der Waals surface area contributed by atoms with Crippen molar-refractivity contribution in [3.63, 3.8) is 0 Å². The lowest BCUT2D eigenvalue weighted by molar-refractivity contribution is 0.0236. The van der Waals surface area contributed by atoms with Gasteiger partial charge in [0.15, 0.2) is 0 Å². The zero-order valence-corrected chi connectivity index (χ0v) is 8.23. The van der Waals surface area contributed by atoms with E-state index >= 15 is 0 Å². The van der Waals surface area contributed by atoms with Gasteiger partial charge in [-0.2, -0.15) is 0 Å². The number of hydrogen-bond donors (Lipinski definition) is 4. The number of hydrogen-bond acceptors (Lipinski definition) is 4. The van der Waals surface area contributed by atoms with Crippen molar-refractivity contribution in [3.8, 4) is 0 Å². The summed E-state index contributed by atoms with van der Waals surface area (Å²) in [6.45, 7) is 0.0751. The van der Waals surface area contributed by atoms with Crippen molar-refractivity contribution in [2.24, 2.45) is 11.5 Å². The summed E-state index contributed by atoms with van der Waals surface area (Å²) in [5.41, 5.74) is 11.5. The average molecular weight is 214 g/mol. The van der Waals surface area contributed by atoms with Crippen LogP contribution in [0.25, 0.3) is 0 Å². The van der Waals surface area contributed by atoms with Gasteiger partial charge in [-0.25, -0.2) is 4.39 Å². The van der Waals surface area contributed by atoms with E-state index in [0.29, 0.717) is 5.56 Å². The van der Waals surface area contributed by atoms with Gasteiger partial charge in [0, 0.05) is 13.1 Å². The fourth-order valence-corrected chi connectivity index (χ4v) is 1.36. The fourth-order valence-electron chi connectivity index (χ4n) is 1.36. The summed E-state index contributed by atoms with van der Waals surface area (Å²) in [7, 11) is 0. The lowest BCUT2D eigenvalue weighted by Gasteiger charge is -2.19. The predicted octanol–water partition coefficient (Wildman–Crippen LogP) is -0.363. The molecule has 0 aliphatic carbocycles. The van der Waals surface area contributed by atoms with E-state index in [1.165, 1.54) is 12.1 Å². The molecule has 5 heteroatoms. The van der Waals surface area contributed by atoms with Gasteiger partial charge in [0.05, 0.1) is 6.10 Å². The second kappa shape index (κ2) is 5.18. The standard InChI is InChI=1S/C10H15FN2O2/c11-7-2-1-6(4-12)8(3-7)10(15)9(14)5-13/h1-3,9-10,14-15H,4-5,12-13H2. The van der Waals surface area contributed by atoms with E-state index in [0.717, 1.165) is 6.07 Å². The highest BCUT2D eigenvalue weighted by molar-refractivity contribution is 5.30. The number of nitrogens with two attached hydrogens (primary N) is 2. The molecule has 0 amide bonds. The van der Waals surface area contributed by atoms with Gasteiger partial charge in [0.25, 0.3) is 0 Å². The van der Waals surface area contributed by atoms with Gasteiger partial charge in [-0.15, -0.1) is 0 Å². The number of aliphatic hydroxyl groups excluding tert-OH is 2. The van der Waals surface area contributed by atoms with Crippen LogP contribution in [0, 0.1) is 5.82 Å². The van der Waals surface area contributed by atoms with Crippen LogP contribution in [-0.4, -0.2) is 22.9 Å². The van der Waals surface area contributed by atoms with Crippen LogP contribution in [-0.2, 0) is 6.54 Å². The van der Waals surface area contributed by atoms with Crippen molar-refractivity contribution in [2.75, 3.05) is 6.54 Å². The maximum Gasteiger partial charge on any atom is 0.123 e. The molecule has 4 nitrogen and oxygen atoms in total. The molecule has 0 aliphatic heterocycles. The van der Waals surface area contributed by atoms with Crippen LogP contribution in [0.4, 0.5) is 4.39 Å². The third-order valence-electron chi connectivity index (χ3n) is 2.25. The van der Waals surface area contributed by atoms with E-state index in [1.54, 1.807) is 0 Å². The van der Waals surface area contributed by atoms with Crippen LogP contribution >= 0.6 is 0 Å². The molecular weight excluding hydrogens is 199 g/mol. The van der Waals surface area contributed by atoms with Gasteiger partial charge >= 0.3 is 0 Å². The van der Waals surface area contributed by atoms with Gasteiger partial charge in [-0.1, -0.05) is 6.07 Å². The molecule has 1 rings (SSSR count). The highest BCUT2D eigenvalue weighted by Crippen LogP contribution is 2.21. The van der Waals surface area contributed by atoms with Crippen molar-refractivity contribution in [3.05, 3.63) is 35.1 Å². The molecule has 0 radical (unpaired) electrons. The quantitative estimate of drug-likeness (QED) is 0.550. The van der Waals surface area contributed by atoms with Crippen LogP contribution in [0.15, 0.2) is 18.2 Å². The Balaban J connectivity index is 3.05. The van der Waals surface area contributed by atoms with Gasteiger partial charge < -0.3 is 21.7 Å². The minimum Gasteiger partial charge on any atom is -0.389 e. The second-order valence-electron chi connectivity index (χ2n) is 3.30. The smallest absolute Gasteiger partial charge is 0.123 e. The largest absolute Gasteiger partial charge is 0.389 e. The third-order valence-corrected chi connectivity index (χ3v) is 2.25. The molecule has 0 aromatic heterocycles. The summed E-state index contributed by atoms with van der Waals surface area (Å²) >= 11 is 0. The number of rotatable bonds is 4. The first kappa shape index (κ1) is 12.1. The molecule has 0 spiro atoms. The maximum absolute atomic E-state index is 12.9. The summed E-state index contributed by atoms with van der Waals surface area (Å²) in [4.78, 5) is 0. The van der Waals surface area contributed by atoms with Gasteiger partial charge in [-0.3, -0.25) is 0 Å². The first-order valence-corrected chi connectivity index (χ1v) is 4.64. The van der Waals surface area contributed by atoms with Crippen LogP contribution < -0.4 is 11.5 Å². The van der Waals surface area contributed by atoms with E-state index in [-0.39, 0.29) is 18.7 Å². The Hall–Kier alpha value is -1.01. The molecule has 1 aromatic carbocycles. The zero-order chi connectivity index (χ0) is 11.4. The molecule has 0 aliphatic rings. The zero-order valence-electron chi connectivity index (χ0n) is 8.23. The molecule has 2 unspecified atom stereocenters. The topological polar surface area (TPSA) is 92.5 Å². The summed E-state index contributed by atoms with van der Waals surface area (Å²) in [6.07, 6.45) is -2.32. The fraction of sp³-hybridized carbons (Fsp3) is 0.400. The van der Waals surface area contributed by atoms with E-state index in [2.05, 4.69) is 0 Å². The molecule has 0 bridgehead atoms. The first-order chi connectivity index (χ1) is 7.10. The van der Waals surface area contributed by atoms with Gasteiger partial charge in [0.2, 0.25) is 0 Å². The minimum absolute atomic E-state index is 0.0955. The van der Waals surface area contributed by atoms with Crippen molar-refractivity contribution in [1.29, 1.82) is 0 Å². The minimum atomic E-state index is -1.20. The Morgan fingerprint density at radius 1 is 1.27 bits per heavy atom. The van der Waals surface area contributed by atoms with E-state index in [9.17, 15) is 14.6 Å². The molecule has 6 N–H and O–H groups in total. The van der Waals surface area contributed by atoms with Gasteiger partial charge in [-0.05, 0) is 23.3 Å². The van der Waals surface area contributed by atoms with Crippen molar-refractivity contribution < 1.29 is 14.6 Å². The highest BCUT2D eigenvalue weighted by atomic mass is 19.1. The highest BCUT2D eigenvalue weighted by Gasteiger charge is 2.19. The molecule has 2 atom stereocenters. The average Bonchev–Trinajstić information content (AvgIpc) is 2.27. The molecule has 0 saturated heterocycles. The van der Waals surface area contributed by atoms with E-state index in [4.69, 9.17) is 11.5 Å². The molecule has 15 heavy (non-hydrogen) atoms. The predicted molar refractivity (Wildman–Crippen MR) is 54.3 cm³/mol. The third kappa shape index (κ3) is 2.73. The van der Waals surface area contributed by atoms with Crippen LogP contribution in [0.2, 0.25) is 0 Å². The summed E-state index contributed by atoms with van der Waals surface area (Å²) in [6, 6.07) is 3.90. The number of aliphatic hydroxyl groups is 2. The van der Waals surface area contributed by atoms with Crippen LogP contribution in [0.1, 0.15) is 17.2 Å². The van der Waals surface area contributed by atoms with Crippen LogP contribution in [0.5, 0.6) is 0 Å². The van der Waals surface area contributed by atoms with Crippen molar-refractivity contribution >= 4 is 0 Å². The Labute approximate surface area is 87.3 Å². The molecule has 84 valence electrons. The molecule has 0 heterocycles.